The molecular formula is C55H90O5. The molecule has 0 aliphatic heterocycles. The number of rotatable bonds is 43. The molecule has 0 aromatic carbocycles. The fraction of sp³-hybridized carbons (Fsp3) is 0.636. The molecule has 0 rings (SSSR count). The van der Waals surface area contributed by atoms with Gasteiger partial charge >= 0.3 is 11.9 Å². The van der Waals surface area contributed by atoms with Gasteiger partial charge in [-0.15, -0.1) is 0 Å². The Morgan fingerprint density at radius 1 is 0.383 bits per heavy atom. The summed E-state index contributed by atoms with van der Waals surface area (Å²) in [6.07, 6.45) is 68.1. The second kappa shape index (κ2) is 49.9. The number of hydrogen-bond acceptors (Lipinski definition) is 5. The molecule has 0 saturated carbocycles. The van der Waals surface area contributed by atoms with Crippen LogP contribution in [0.25, 0.3) is 0 Å². The molecule has 5 nitrogen and oxygen atoms in total. The number of ether oxygens (including phenoxy) is 3. The number of carbonyl (C=O) groups excluding carboxylic acids is 2. The molecule has 0 spiro atoms. The smallest absolute Gasteiger partial charge is 0.306 e. The first-order valence-electron chi connectivity index (χ1n) is 24.4. The highest BCUT2D eigenvalue weighted by Crippen LogP contribution is 2.12. The zero-order valence-electron chi connectivity index (χ0n) is 38.9. The lowest BCUT2D eigenvalue weighted by atomic mass is 10.1. The normalized spacial score (nSPS) is 13.2. The van der Waals surface area contributed by atoms with E-state index in [2.05, 4.69) is 130 Å². The van der Waals surface area contributed by atoms with E-state index in [1.807, 2.05) is 0 Å². The summed E-state index contributed by atoms with van der Waals surface area (Å²) in [6, 6.07) is 0. The molecule has 0 heterocycles. The van der Waals surface area contributed by atoms with Crippen molar-refractivity contribution in [2.24, 2.45) is 0 Å². The van der Waals surface area contributed by atoms with Crippen LogP contribution in [-0.2, 0) is 23.8 Å². The molecule has 0 bridgehead atoms. The lowest BCUT2D eigenvalue weighted by Crippen LogP contribution is -2.30. The zero-order valence-corrected chi connectivity index (χ0v) is 38.9. The maximum atomic E-state index is 12.7. The van der Waals surface area contributed by atoms with Crippen molar-refractivity contribution in [2.45, 2.75) is 207 Å². The minimum absolute atomic E-state index is 0.0462. The second-order valence-corrected chi connectivity index (χ2v) is 15.6. The van der Waals surface area contributed by atoms with Gasteiger partial charge < -0.3 is 14.2 Å². The Kier molecular flexibility index (Phi) is 47.1. The van der Waals surface area contributed by atoms with Crippen molar-refractivity contribution in [3.8, 4) is 0 Å². The quantitative estimate of drug-likeness (QED) is 0.0348. The number of hydrogen-bond donors (Lipinski definition) is 0. The maximum Gasteiger partial charge on any atom is 0.306 e. The van der Waals surface area contributed by atoms with Gasteiger partial charge in [0, 0.05) is 19.4 Å². The Morgan fingerprint density at radius 3 is 1.22 bits per heavy atom. The van der Waals surface area contributed by atoms with Gasteiger partial charge in [-0.3, -0.25) is 9.59 Å². The highest BCUT2D eigenvalue weighted by atomic mass is 16.6. The van der Waals surface area contributed by atoms with E-state index in [0.717, 1.165) is 116 Å². The molecular weight excluding hydrogens is 741 g/mol. The molecule has 0 aromatic rings. The summed E-state index contributed by atoms with van der Waals surface area (Å²) in [5.41, 5.74) is 0. The Morgan fingerprint density at radius 2 is 0.750 bits per heavy atom. The van der Waals surface area contributed by atoms with Gasteiger partial charge in [-0.05, 0) is 103 Å². The zero-order chi connectivity index (χ0) is 43.5. The van der Waals surface area contributed by atoms with E-state index in [0.29, 0.717) is 19.4 Å². The molecule has 340 valence electrons. The summed E-state index contributed by atoms with van der Waals surface area (Å²) in [5, 5.41) is 0. The third-order valence-corrected chi connectivity index (χ3v) is 9.80. The second-order valence-electron chi connectivity index (χ2n) is 15.6. The largest absolute Gasteiger partial charge is 0.462 e. The summed E-state index contributed by atoms with van der Waals surface area (Å²) in [5.74, 6) is -0.489. The van der Waals surface area contributed by atoms with Gasteiger partial charge in [-0.25, -0.2) is 0 Å². The minimum atomic E-state index is -0.575. The Hall–Kier alpha value is -3.44. The summed E-state index contributed by atoms with van der Waals surface area (Å²) >= 11 is 0. The van der Waals surface area contributed by atoms with Crippen LogP contribution in [0.5, 0.6) is 0 Å². The maximum absolute atomic E-state index is 12.7. The molecule has 1 unspecified atom stereocenters. The van der Waals surface area contributed by atoms with Crippen molar-refractivity contribution in [3.05, 3.63) is 109 Å². The summed E-state index contributed by atoms with van der Waals surface area (Å²) in [4.78, 5) is 25.3. The highest BCUT2D eigenvalue weighted by molar-refractivity contribution is 5.70. The molecule has 0 fully saturated rings. The summed E-state index contributed by atoms with van der Waals surface area (Å²) < 4.78 is 17.3. The lowest BCUT2D eigenvalue weighted by molar-refractivity contribution is -0.163. The van der Waals surface area contributed by atoms with Crippen LogP contribution in [-0.4, -0.2) is 37.9 Å². The highest BCUT2D eigenvalue weighted by Gasteiger charge is 2.17. The van der Waals surface area contributed by atoms with E-state index in [4.69, 9.17) is 14.2 Å². The molecule has 0 radical (unpaired) electrons. The van der Waals surface area contributed by atoms with Crippen molar-refractivity contribution in [3.63, 3.8) is 0 Å². The van der Waals surface area contributed by atoms with E-state index in [1.165, 1.54) is 51.4 Å². The van der Waals surface area contributed by atoms with Gasteiger partial charge in [-0.1, -0.05) is 194 Å². The molecule has 1 atom stereocenters. The van der Waals surface area contributed by atoms with E-state index in [1.54, 1.807) is 0 Å². The van der Waals surface area contributed by atoms with Crippen LogP contribution < -0.4 is 0 Å². The monoisotopic (exact) mass is 831 g/mol. The SMILES string of the molecule is CC/C=C\C/C=C\C/C=C\C/C=C\C/C=C\CCCCCC(=O)OCC(COCCCCCCCCCCCC)OC(=O)CCCC/C=C\C/C=C\C/C=C\C/C=C\CC. The average molecular weight is 831 g/mol. The van der Waals surface area contributed by atoms with Crippen LogP contribution in [0.15, 0.2) is 109 Å². The fourth-order valence-electron chi connectivity index (χ4n) is 6.23. The Bertz CT molecular complexity index is 1210. The number of esters is 2. The number of carbonyl (C=O) groups is 2. The predicted molar refractivity (Wildman–Crippen MR) is 260 cm³/mol. The molecule has 0 aromatic heterocycles. The van der Waals surface area contributed by atoms with Crippen molar-refractivity contribution in [2.75, 3.05) is 19.8 Å². The third kappa shape index (κ3) is 47.2. The first kappa shape index (κ1) is 56.6. The van der Waals surface area contributed by atoms with Crippen molar-refractivity contribution < 1.29 is 23.8 Å². The third-order valence-electron chi connectivity index (χ3n) is 9.80. The van der Waals surface area contributed by atoms with Crippen molar-refractivity contribution >= 4 is 11.9 Å². The predicted octanol–water partition coefficient (Wildman–Crippen LogP) is 16.4. The van der Waals surface area contributed by atoms with E-state index in [-0.39, 0.29) is 25.2 Å². The van der Waals surface area contributed by atoms with Crippen molar-refractivity contribution in [1.82, 2.24) is 0 Å². The molecule has 0 aliphatic rings. The van der Waals surface area contributed by atoms with Gasteiger partial charge in [0.15, 0.2) is 6.10 Å². The van der Waals surface area contributed by atoms with Crippen LogP contribution in [0.1, 0.15) is 201 Å². The first-order valence-corrected chi connectivity index (χ1v) is 24.4. The molecule has 0 aliphatic carbocycles. The summed E-state index contributed by atoms with van der Waals surface area (Å²) in [6.45, 7) is 7.50. The van der Waals surface area contributed by atoms with Gasteiger partial charge in [0.05, 0.1) is 6.61 Å². The topological polar surface area (TPSA) is 61.8 Å². The average Bonchev–Trinajstić information content (AvgIpc) is 3.25. The molecule has 0 saturated heterocycles. The van der Waals surface area contributed by atoms with Crippen LogP contribution >= 0.6 is 0 Å². The Balaban J connectivity index is 4.38. The van der Waals surface area contributed by atoms with Crippen LogP contribution in [0.2, 0.25) is 0 Å². The summed E-state index contributed by atoms with van der Waals surface area (Å²) in [7, 11) is 0. The van der Waals surface area contributed by atoms with E-state index < -0.39 is 6.10 Å². The van der Waals surface area contributed by atoms with Gasteiger partial charge in [0.2, 0.25) is 0 Å². The number of allylic oxidation sites excluding steroid dienone is 18. The molecule has 0 N–H and O–H groups in total. The molecule has 5 heteroatoms. The van der Waals surface area contributed by atoms with Crippen molar-refractivity contribution in [1.29, 1.82) is 0 Å². The van der Waals surface area contributed by atoms with E-state index in [9.17, 15) is 9.59 Å². The lowest BCUT2D eigenvalue weighted by Gasteiger charge is -2.18. The van der Waals surface area contributed by atoms with E-state index >= 15 is 0 Å². The standard InChI is InChI=1S/C55H90O5/c1-4-7-10-13-16-19-22-24-26-27-28-29-31-32-34-36-39-42-45-48-54(56)59-52-53(51-58-50-47-44-41-38-21-18-15-12-9-6-3)60-55(57)49-46-43-40-37-35-33-30-25-23-20-17-14-11-8-5-2/h7-8,10-11,16-17,19-20,24-26,28-30,32,34-35,37,53H,4-6,9,12-15,18,21-23,27,31,33,36,38-52H2,1-3H3/b10-7-,11-8-,19-16-,20-17-,26-24-,29-28-,30-25-,34-32-,37-35-. The number of unbranched alkanes of at least 4 members (excludes halogenated alkanes) is 14. The van der Waals surface area contributed by atoms with Gasteiger partial charge in [0.1, 0.15) is 6.61 Å². The van der Waals surface area contributed by atoms with Crippen LogP contribution in [0.3, 0.4) is 0 Å². The Labute approximate surface area is 370 Å². The fourth-order valence-corrected chi connectivity index (χ4v) is 6.23. The molecule has 0 amide bonds. The van der Waals surface area contributed by atoms with Gasteiger partial charge in [0.25, 0.3) is 0 Å². The molecule has 60 heavy (non-hydrogen) atoms. The minimum Gasteiger partial charge on any atom is -0.462 e. The van der Waals surface area contributed by atoms with Gasteiger partial charge in [-0.2, -0.15) is 0 Å². The van der Waals surface area contributed by atoms with Crippen LogP contribution in [0, 0.1) is 0 Å². The van der Waals surface area contributed by atoms with Crippen LogP contribution in [0.4, 0.5) is 0 Å². The first-order chi connectivity index (χ1) is 29.6.